The molecule has 3 aromatic carbocycles. The molecule has 0 saturated heterocycles. The van der Waals surface area contributed by atoms with Crippen molar-refractivity contribution in [2.24, 2.45) is 0 Å². The van der Waals surface area contributed by atoms with Crippen LogP contribution in [0.2, 0.25) is 5.02 Å². The topological polar surface area (TPSA) is 87.4 Å². The average molecular weight is 548 g/mol. The molecule has 7 nitrogen and oxygen atoms in total. The number of halogens is 3. The minimum atomic E-state index is -2.43. The molecule has 34 heavy (non-hydrogen) atoms. The Bertz CT molecular complexity index is 1410. The number of benzene rings is 3. The van der Waals surface area contributed by atoms with Gasteiger partial charge in [-0.25, -0.2) is 0 Å². The van der Waals surface area contributed by atoms with Crippen molar-refractivity contribution in [3.05, 3.63) is 87.2 Å². The number of nitro benzene ring substituents is 1. The number of fused-ring (bicyclic) bond motifs is 1. The van der Waals surface area contributed by atoms with E-state index in [1.807, 2.05) is 12.1 Å². The number of rotatable bonds is 7. The van der Waals surface area contributed by atoms with Crippen LogP contribution >= 0.6 is 11.6 Å². The van der Waals surface area contributed by atoms with Gasteiger partial charge in [-0.1, -0.05) is 0 Å². The molecule has 1 aromatic heterocycles. The van der Waals surface area contributed by atoms with Crippen molar-refractivity contribution in [1.82, 2.24) is 9.97 Å². The first-order valence-corrected chi connectivity index (χ1v) is 13.4. The summed E-state index contributed by atoms with van der Waals surface area (Å²) in [6.45, 7) is 0. The van der Waals surface area contributed by atoms with Gasteiger partial charge in [-0.2, -0.15) is 0 Å². The van der Waals surface area contributed by atoms with Crippen molar-refractivity contribution < 1.29 is 23.2 Å². The van der Waals surface area contributed by atoms with Crippen LogP contribution in [0.5, 0.6) is 11.5 Å². The number of ether oxygens (including phenoxy) is 2. The molecular weight excluding hydrogens is 531 g/mol. The third-order valence-corrected chi connectivity index (χ3v) is 10.6. The number of hydrogen-bond donors (Lipinski definition) is 0. The maximum atomic E-state index is 14.3. The molecule has 174 valence electrons. The zero-order valence-corrected chi connectivity index (χ0v) is 20.6. The summed E-state index contributed by atoms with van der Waals surface area (Å²) in [7, 11) is 3.07. The number of nitrogens with zero attached hydrogens (tertiary/aromatic N) is 3. The van der Waals surface area contributed by atoms with Crippen molar-refractivity contribution in [3.8, 4) is 11.5 Å². The summed E-state index contributed by atoms with van der Waals surface area (Å²) in [6, 6.07) is 12.1. The van der Waals surface area contributed by atoms with Crippen LogP contribution in [0.15, 0.2) is 54.9 Å². The van der Waals surface area contributed by atoms with Crippen molar-refractivity contribution >= 4 is 51.7 Å². The Kier molecular flexibility index (Phi) is 6.95. The molecule has 0 bridgehead atoms. The zero-order valence-electron chi connectivity index (χ0n) is 18.0. The van der Waals surface area contributed by atoms with Crippen LogP contribution in [0.25, 0.3) is 10.9 Å². The molecule has 4 rings (SSSR count). The summed E-state index contributed by atoms with van der Waals surface area (Å²) in [5.74, 6) is -0.438. The Morgan fingerprint density at radius 1 is 1.00 bits per heavy atom. The SMILES string of the molecule is COc1ccc(C[As](c2ccc(F)c(Cl)c2)c2ncnc3cc(F)c([N+](=O)[O-])cc23)cc1OC. The van der Waals surface area contributed by atoms with E-state index in [2.05, 4.69) is 9.97 Å². The molecule has 1 unspecified atom stereocenters. The Hall–Kier alpha value is -3.29. The van der Waals surface area contributed by atoms with Gasteiger partial charge in [0.15, 0.2) is 0 Å². The predicted octanol–water partition coefficient (Wildman–Crippen LogP) is 3.88. The molecule has 0 spiro atoms. The summed E-state index contributed by atoms with van der Waals surface area (Å²) in [6.07, 6.45) is 1.30. The van der Waals surface area contributed by atoms with E-state index in [0.717, 1.165) is 22.0 Å². The second-order valence-corrected chi connectivity index (χ2v) is 12.0. The van der Waals surface area contributed by atoms with Crippen molar-refractivity contribution in [2.45, 2.75) is 5.21 Å². The van der Waals surface area contributed by atoms with Gasteiger partial charge in [-0.15, -0.1) is 0 Å². The van der Waals surface area contributed by atoms with Crippen LogP contribution in [-0.4, -0.2) is 43.8 Å². The summed E-state index contributed by atoms with van der Waals surface area (Å²) in [4.78, 5) is 19.1. The van der Waals surface area contributed by atoms with E-state index >= 15 is 0 Å². The summed E-state index contributed by atoms with van der Waals surface area (Å²) in [5.41, 5.74) is 0.468. The quantitative estimate of drug-likeness (QED) is 0.198. The molecule has 0 aliphatic heterocycles. The number of nitro groups is 1. The molecule has 0 aliphatic rings. The van der Waals surface area contributed by atoms with Crippen LogP contribution in [0.1, 0.15) is 5.56 Å². The Morgan fingerprint density at radius 3 is 2.44 bits per heavy atom. The molecule has 1 heterocycles. The molecule has 0 N–H and O–H groups in total. The first kappa shape index (κ1) is 23.9. The number of methoxy groups -OCH3 is 2. The van der Waals surface area contributed by atoms with Gasteiger partial charge in [0.1, 0.15) is 0 Å². The Morgan fingerprint density at radius 2 is 1.76 bits per heavy atom. The molecule has 11 heteroatoms. The first-order chi connectivity index (χ1) is 16.3. The Balaban J connectivity index is 1.92. The Labute approximate surface area is 202 Å². The molecule has 0 radical (unpaired) electrons. The maximum absolute atomic E-state index is 14.3. The van der Waals surface area contributed by atoms with E-state index in [1.165, 1.54) is 26.6 Å². The molecule has 0 aliphatic carbocycles. The van der Waals surface area contributed by atoms with Crippen LogP contribution < -0.4 is 18.3 Å². The van der Waals surface area contributed by atoms with Crippen molar-refractivity contribution in [3.63, 3.8) is 0 Å². The number of aromatic nitrogens is 2. The summed E-state index contributed by atoms with van der Waals surface area (Å²) >= 11 is 3.65. The second-order valence-electron chi connectivity index (χ2n) is 7.15. The van der Waals surface area contributed by atoms with Gasteiger partial charge in [0.05, 0.1) is 0 Å². The van der Waals surface area contributed by atoms with Crippen molar-refractivity contribution in [2.75, 3.05) is 14.2 Å². The summed E-state index contributed by atoms with van der Waals surface area (Å²) in [5, 5.41) is 12.2. The third-order valence-electron chi connectivity index (χ3n) is 5.14. The van der Waals surface area contributed by atoms with E-state index < -0.39 is 36.9 Å². The molecule has 0 amide bonds. The first-order valence-electron chi connectivity index (χ1n) is 9.84. The van der Waals surface area contributed by atoms with E-state index in [4.69, 9.17) is 21.1 Å². The van der Waals surface area contributed by atoms with E-state index in [-0.39, 0.29) is 10.5 Å². The van der Waals surface area contributed by atoms with E-state index in [0.29, 0.717) is 26.6 Å². The summed E-state index contributed by atoms with van der Waals surface area (Å²) < 4.78 is 40.2. The zero-order chi connectivity index (χ0) is 24.4. The third kappa shape index (κ3) is 4.67. The average Bonchev–Trinajstić information content (AvgIpc) is 2.83. The molecule has 4 aromatic rings. The minimum absolute atomic E-state index is 0.0421. The molecule has 0 saturated carbocycles. The van der Waals surface area contributed by atoms with Crippen LogP contribution in [0.3, 0.4) is 0 Å². The van der Waals surface area contributed by atoms with Crippen LogP contribution in [0.4, 0.5) is 14.5 Å². The van der Waals surface area contributed by atoms with Gasteiger partial charge >= 0.3 is 203 Å². The van der Waals surface area contributed by atoms with Gasteiger partial charge in [0.25, 0.3) is 0 Å². The van der Waals surface area contributed by atoms with Gasteiger partial charge in [0.2, 0.25) is 0 Å². The van der Waals surface area contributed by atoms with Gasteiger partial charge in [0, 0.05) is 0 Å². The second kappa shape index (κ2) is 9.91. The van der Waals surface area contributed by atoms with Crippen LogP contribution in [-0.2, 0) is 5.21 Å². The standard InChI is InChI=1S/C23H17AsClF2N3O4/c1-33-21-6-3-13(7-22(21)34-2)11-24(14-4-5-17(26)16(25)8-14)23-15-9-20(30(31)32)18(27)10-19(15)28-12-29-23/h3-10,12H,11H2,1-2H3. The molecular formula is C23H17AsClF2N3O4. The van der Waals surface area contributed by atoms with Crippen molar-refractivity contribution in [1.29, 1.82) is 0 Å². The van der Waals surface area contributed by atoms with E-state index in [1.54, 1.807) is 18.2 Å². The van der Waals surface area contributed by atoms with Gasteiger partial charge < -0.3 is 0 Å². The molecule has 0 fully saturated rings. The van der Waals surface area contributed by atoms with Gasteiger partial charge in [-0.05, 0) is 0 Å². The fourth-order valence-electron chi connectivity index (χ4n) is 3.51. The van der Waals surface area contributed by atoms with E-state index in [9.17, 15) is 18.9 Å². The fraction of sp³-hybridized carbons (Fsp3) is 0.130. The monoisotopic (exact) mass is 547 g/mol. The fourth-order valence-corrected chi connectivity index (χ4v) is 8.76. The normalized spacial score (nSPS) is 11.9. The predicted molar refractivity (Wildman–Crippen MR) is 126 cm³/mol. The van der Waals surface area contributed by atoms with Gasteiger partial charge in [-0.3, -0.25) is 0 Å². The number of hydrogen-bond acceptors (Lipinski definition) is 6. The molecule has 1 atom stereocenters. The van der Waals surface area contributed by atoms with Crippen LogP contribution in [0, 0.1) is 21.7 Å².